The van der Waals surface area contributed by atoms with Gasteiger partial charge in [0.15, 0.2) is 11.5 Å². The highest BCUT2D eigenvalue weighted by Crippen LogP contribution is 2.31. The number of anilines is 1. The van der Waals surface area contributed by atoms with Crippen molar-refractivity contribution < 1.29 is 14.6 Å². The molecule has 0 aliphatic heterocycles. The number of rotatable bonds is 5. The molecule has 0 aliphatic carbocycles. The Labute approximate surface area is 122 Å². The highest BCUT2D eigenvalue weighted by atomic mass is 35.5. The van der Waals surface area contributed by atoms with Gasteiger partial charge in [-0.3, -0.25) is 0 Å². The molecule has 0 saturated carbocycles. The van der Waals surface area contributed by atoms with E-state index in [0.29, 0.717) is 23.1 Å². The summed E-state index contributed by atoms with van der Waals surface area (Å²) in [4.78, 5) is 0. The summed E-state index contributed by atoms with van der Waals surface area (Å²) in [6.07, 6.45) is 0. The zero-order chi connectivity index (χ0) is 14.5. The predicted molar refractivity (Wildman–Crippen MR) is 80.0 cm³/mol. The molecule has 2 aromatic rings. The Kier molecular flexibility index (Phi) is 4.58. The van der Waals surface area contributed by atoms with Crippen molar-refractivity contribution in [2.45, 2.75) is 6.54 Å². The SMILES string of the molecule is COc1ccc(Cl)c(NCc2cccc(OC)c2O)c1. The van der Waals surface area contributed by atoms with Crippen LogP contribution in [0.2, 0.25) is 5.02 Å². The molecule has 4 nitrogen and oxygen atoms in total. The van der Waals surface area contributed by atoms with E-state index in [0.717, 1.165) is 11.3 Å². The Morgan fingerprint density at radius 3 is 2.65 bits per heavy atom. The smallest absolute Gasteiger partial charge is 0.162 e. The third-order valence-electron chi connectivity index (χ3n) is 2.95. The number of phenols is 1. The second-order valence-corrected chi connectivity index (χ2v) is 4.57. The quantitative estimate of drug-likeness (QED) is 0.883. The molecule has 106 valence electrons. The van der Waals surface area contributed by atoms with Crippen LogP contribution in [0, 0.1) is 0 Å². The fourth-order valence-electron chi connectivity index (χ4n) is 1.83. The maximum atomic E-state index is 10.0. The van der Waals surface area contributed by atoms with Gasteiger partial charge in [-0.05, 0) is 18.2 Å². The first-order chi connectivity index (χ1) is 9.65. The van der Waals surface area contributed by atoms with E-state index in [4.69, 9.17) is 21.1 Å². The molecule has 2 N–H and O–H groups in total. The summed E-state index contributed by atoms with van der Waals surface area (Å²) in [6.45, 7) is 0.427. The number of para-hydroxylation sites is 1. The van der Waals surface area contributed by atoms with E-state index in [1.165, 1.54) is 7.11 Å². The van der Waals surface area contributed by atoms with Crippen LogP contribution in [0.4, 0.5) is 5.69 Å². The average molecular weight is 294 g/mol. The van der Waals surface area contributed by atoms with Gasteiger partial charge in [-0.2, -0.15) is 0 Å². The van der Waals surface area contributed by atoms with Gasteiger partial charge in [0.05, 0.1) is 24.9 Å². The van der Waals surface area contributed by atoms with Crippen LogP contribution in [-0.4, -0.2) is 19.3 Å². The largest absolute Gasteiger partial charge is 0.504 e. The Balaban J connectivity index is 2.16. The van der Waals surface area contributed by atoms with Crippen molar-refractivity contribution >= 4 is 17.3 Å². The fourth-order valence-corrected chi connectivity index (χ4v) is 2.02. The summed E-state index contributed by atoms with van der Waals surface area (Å²) in [7, 11) is 3.12. The van der Waals surface area contributed by atoms with Crippen LogP contribution in [0.1, 0.15) is 5.56 Å². The molecule has 2 aromatic carbocycles. The number of phenolic OH excluding ortho intramolecular Hbond substituents is 1. The van der Waals surface area contributed by atoms with Gasteiger partial charge < -0.3 is 19.9 Å². The third-order valence-corrected chi connectivity index (χ3v) is 3.27. The molecule has 20 heavy (non-hydrogen) atoms. The highest BCUT2D eigenvalue weighted by Gasteiger charge is 2.08. The molecule has 0 heterocycles. The van der Waals surface area contributed by atoms with Gasteiger partial charge in [-0.25, -0.2) is 0 Å². The molecule has 0 atom stereocenters. The van der Waals surface area contributed by atoms with Gasteiger partial charge in [0.2, 0.25) is 0 Å². The topological polar surface area (TPSA) is 50.7 Å². The van der Waals surface area contributed by atoms with Crippen LogP contribution in [-0.2, 0) is 6.54 Å². The number of halogens is 1. The van der Waals surface area contributed by atoms with Crippen molar-refractivity contribution in [2.75, 3.05) is 19.5 Å². The normalized spacial score (nSPS) is 10.2. The number of hydrogen-bond donors (Lipinski definition) is 2. The molecule has 0 unspecified atom stereocenters. The highest BCUT2D eigenvalue weighted by molar-refractivity contribution is 6.33. The van der Waals surface area contributed by atoms with Gasteiger partial charge in [0.1, 0.15) is 5.75 Å². The summed E-state index contributed by atoms with van der Waals surface area (Å²) >= 11 is 6.11. The minimum Gasteiger partial charge on any atom is -0.504 e. The number of ether oxygens (including phenoxy) is 2. The van der Waals surface area contributed by atoms with Crippen molar-refractivity contribution in [3.05, 3.63) is 47.0 Å². The van der Waals surface area contributed by atoms with Crippen LogP contribution >= 0.6 is 11.6 Å². The Morgan fingerprint density at radius 2 is 1.95 bits per heavy atom. The Morgan fingerprint density at radius 1 is 1.15 bits per heavy atom. The summed E-state index contributed by atoms with van der Waals surface area (Å²) < 4.78 is 10.2. The second kappa shape index (κ2) is 6.39. The van der Waals surface area contributed by atoms with Crippen molar-refractivity contribution in [2.24, 2.45) is 0 Å². The van der Waals surface area contributed by atoms with Gasteiger partial charge >= 0.3 is 0 Å². The summed E-state index contributed by atoms with van der Waals surface area (Å²) in [5.41, 5.74) is 1.47. The van der Waals surface area contributed by atoms with Crippen molar-refractivity contribution in [1.29, 1.82) is 0 Å². The fraction of sp³-hybridized carbons (Fsp3) is 0.200. The van der Waals surface area contributed by atoms with Crippen molar-refractivity contribution in [3.63, 3.8) is 0 Å². The van der Waals surface area contributed by atoms with E-state index in [9.17, 15) is 5.11 Å². The maximum Gasteiger partial charge on any atom is 0.162 e. The van der Waals surface area contributed by atoms with Gasteiger partial charge in [-0.1, -0.05) is 23.7 Å². The lowest BCUT2D eigenvalue weighted by Gasteiger charge is -2.12. The first-order valence-electron chi connectivity index (χ1n) is 6.08. The van der Waals surface area contributed by atoms with E-state index < -0.39 is 0 Å². The van der Waals surface area contributed by atoms with E-state index in [1.54, 1.807) is 31.4 Å². The van der Waals surface area contributed by atoms with Crippen LogP contribution in [0.15, 0.2) is 36.4 Å². The molecule has 0 spiro atoms. The Bertz CT molecular complexity index is 600. The number of methoxy groups -OCH3 is 2. The molecular formula is C15H16ClNO3. The first kappa shape index (κ1) is 14.3. The number of hydrogen-bond acceptors (Lipinski definition) is 4. The molecule has 0 radical (unpaired) electrons. The number of nitrogens with one attached hydrogen (secondary N) is 1. The number of aromatic hydroxyl groups is 1. The minimum absolute atomic E-state index is 0.126. The number of benzene rings is 2. The van der Waals surface area contributed by atoms with Crippen molar-refractivity contribution in [3.8, 4) is 17.2 Å². The maximum absolute atomic E-state index is 10.0. The van der Waals surface area contributed by atoms with E-state index in [-0.39, 0.29) is 5.75 Å². The average Bonchev–Trinajstić information content (AvgIpc) is 2.47. The summed E-state index contributed by atoms with van der Waals surface area (Å²) in [5, 5.41) is 13.8. The van der Waals surface area contributed by atoms with E-state index >= 15 is 0 Å². The zero-order valence-electron chi connectivity index (χ0n) is 11.3. The van der Waals surface area contributed by atoms with Crippen LogP contribution in [0.25, 0.3) is 0 Å². The van der Waals surface area contributed by atoms with Gasteiger partial charge in [0.25, 0.3) is 0 Å². The van der Waals surface area contributed by atoms with Gasteiger partial charge in [0, 0.05) is 18.2 Å². The van der Waals surface area contributed by atoms with Crippen LogP contribution in [0.5, 0.6) is 17.2 Å². The lowest BCUT2D eigenvalue weighted by molar-refractivity contribution is 0.371. The van der Waals surface area contributed by atoms with Gasteiger partial charge in [-0.15, -0.1) is 0 Å². The molecule has 0 amide bonds. The molecule has 2 rings (SSSR count). The molecule has 0 saturated heterocycles. The standard InChI is InChI=1S/C15H16ClNO3/c1-19-11-6-7-12(16)13(8-11)17-9-10-4-3-5-14(20-2)15(10)18/h3-8,17-18H,9H2,1-2H3. The van der Waals surface area contributed by atoms with Crippen LogP contribution < -0.4 is 14.8 Å². The molecule has 0 aliphatic rings. The lowest BCUT2D eigenvalue weighted by atomic mass is 10.2. The molecule has 0 bridgehead atoms. The second-order valence-electron chi connectivity index (χ2n) is 4.17. The third kappa shape index (κ3) is 3.08. The molecule has 5 heteroatoms. The summed E-state index contributed by atoms with van der Waals surface area (Å²) in [5.74, 6) is 1.29. The van der Waals surface area contributed by atoms with E-state index in [2.05, 4.69) is 5.32 Å². The summed E-state index contributed by atoms with van der Waals surface area (Å²) in [6, 6.07) is 10.7. The molecule has 0 fully saturated rings. The Hall–Kier alpha value is -2.07. The molecular weight excluding hydrogens is 278 g/mol. The monoisotopic (exact) mass is 293 g/mol. The zero-order valence-corrected chi connectivity index (χ0v) is 12.1. The van der Waals surface area contributed by atoms with Crippen LogP contribution in [0.3, 0.4) is 0 Å². The predicted octanol–water partition coefficient (Wildman–Crippen LogP) is 3.67. The molecule has 0 aromatic heterocycles. The van der Waals surface area contributed by atoms with Crippen molar-refractivity contribution in [1.82, 2.24) is 0 Å². The minimum atomic E-state index is 0.126. The van der Waals surface area contributed by atoms with E-state index in [1.807, 2.05) is 12.1 Å². The lowest BCUT2D eigenvalue weighted by Crippen LogP contribution is -2.01. The first-order valence-corrected chi connectivity index (χ1v) is 6.45.